The number of anilines is 1. The number of nitrogens with two attached hydrogens (primary N) is 1. The van der Waals surface area contributed by atoms with Crippen LogP contribution >= 0.6 is 11.6 Å². The average molecular weight is 226 g/mol. The first kappa shape index (κ1) is 10.7. The number of nitrogens with zero attached hydrogens (tertiary/aromatic N) is 1. The first-order valence-corrected chi connectivity index (χ1v) is 5.52. The normalized spacial score (nSPS) is 28.3. The molecule has 0 spiro atoms. The standard InChI is InChI=1S/C11H16ClN3/c1-11(2)8(13)6-9(11)15-10-7(12)4-3-5-14-10/h3-5,8-9H,6,13H2,1-2H3,(H,14,15). The number of aromatic nitrogens is 1. The molecule has 2 atom stereocenters. The van der Waals surface area contributed by atoms with Gasteiger partial charge in [-0.2, -0.15) is 0 Å². The molecule has 1 aliphatic rings. The highest BCUT2D eigenvalue weighted by atomic mass is 35.5. The van der Waals surface area contributed by atoms with Crippen molar-refractivity contribution in [3.05, 3.63) is 23.4 Å². The zero-order valence-corrected chi connectivity index (χ0v) is 9.75. The largest absolute Gasteiger partial charge is 0.365 e. The molecule has 2 rings (SSSR count). The predicted molar refractivity (Wildman–Crippen MR) is 63.0 cm³/mol. The molecule has 1 heterocycles. The van der Waals surface area contributed by atoms with Gasteiger partial charge in [-0.25, -0.2) is 4.98 Å². The minimum absolute atomic E-state index is 0.112. The Kier molecular flexibility index (Phi) is 2.61. The minimum Gasteiger partial charge on any atom is -0.365 e. The second-order valence-corrected chi connectivity index (χ2v) is 5.10. The maximum Gasteiger partial charge on any atom is 0.144 e. The minimum atomic E-state index is 0.112. The van der Waals surface area contributed by atoms with Crippen molar-refractivity contribution in [3.8, 4) is 0 Å². The molecule has 0 bridgehead atoms. The van der Waals surface area contributed by atoms with Crippen LogP contribution in [-0.4, -0.2) is 17.1 Å². The maximum atomic E-state index is 6.02. The van der Waals surface area contributed by atoms with Gasteiger partial charge in [0, 0.05) is 23.7 Å². The van der Waals surface area contributed by atoms with Crippen LogP contribution in [0.3, 0.4) is 0 Å². The van der Waals surface area contributed by atoms with Crippen molar-refractivity contribution in [1.82, 2.24) is 4.98 Å². The first-order chi connectivity index (χ1) is 7.01. The third-order valence-electron chi connectivity index (χ3n) is 3.41. The lowest BCUT2D eigenvalue weighted by molar-refractivity contribution is 0.117. The second-order valence-electron chi connectivity index (χ2n) is 4.69. The van der Waals surface area contributed by atoms with Gasteiger partial charge in [-0.3, -0.25) is 0 Å². The molecule has 1 aromatic heterocycles. The van der Waals surface area contributed by atoms with Gasteiger partial charge < -0.3 is 11.1 Å². The number of hydrogen-bond acceptors (Lipinski definition) is 3. The molecule has 2 unspecified atom stereocenters. The molecule has 0 amide bonds. The van der Waals surface area contributed by atoms with Gasteiger partial charge in [0.05, 0.1) is 5.02 Å². The smallest absolute Gasteiger partial charge is 0.144 e. The third kappa shape index (κ3) is 1.82. The van der Waals surface area contributed by atoms with Crippen LogP contribution in [0.15, 0.2) is 18.3 Å². The van der Waals surface area contributed by atoms with Gasteiger partial charge in [-0.1, -0.05) is 25.4 Å². The van der Waals surface area contributed by atoms with Crippen LogP contribution in [-0.2, 0) is 0 Å². The van der Waals surface area contributed by atoms with E-state index in [1.807, 2.05) is 12.1 Å². The van der Waals surface area contributed by atoms with E-state index in [0.717, 1.165) is 12.2 Å². The molecular weight excluding hydrogens is 210 g/mol. The summed E-state index contributed by atoms with van der Waals surface area (Å²) in [6, 6.07) is 4.28. The van der Waals surface area contributed by atoms with Gasteiger partial charge in [0.2, 0.25) is 0 Å². The fourth-order valence-electron chi connectivity index (χ4n) is 1.86. The quantitative estimate of drug-likeness (QED) is 0.812. The van der Waals surface area contributed by atoms with E-state index in [2.05, 4.69) is 24.1 Å². The maximum absolute atomic E-state index is 6.02. The van der Waals surface area contributed by atoms with Crippen molar-refractivity contribution in [1.29, 1.82) is 0 Å². The van der Waals surface area contributed by atoms with Gasteiger partial charge in [-0.15, -0.1) is 0 Å². The molecule has 0 aromatic carbocycles. The predicted octanol–water partition coefficient (Wildman–Crippen LogP) is 2.27. The number of nitrogens with one attached hydrogen (secondary N) is 1. The van der Waals surface area contributed by atoms with Crippen molar-refractivity contribution < 1.29 is 0 Å². The lowest BCUT2D eigenvalue weighted by Gasteiger charge is -2.50. The van der Waals surface area contributed by atoms with E-state index >= 15 is 0 Å². The Morgan fingerprint density at radius 1 is 1.60 bits per heavy atom. The average Bonchev–Trinajstić information content (AvgIpc) is 2.20. The Morgan fingerprint density at radius 2 is 2.33 bits per heavy atom. The summed E-state index contributed by atoms with van der Waals surface area (Å²) in [5, 5.41) is 4.01. The lowest BCUT2D eigenvalue weighted by Crippen LogP contribution is -2.61. The highest BCUT2D eigenvalue weighted by Gasteiger charge is 2.46. The van der Waals surface area contributed by atoms with Crippen molar-refractivity contribution in [2.75, 3.05) is 5.32 Å². The van der Waals surface area contributed by atoms with Crippen LogP contribution in [0.5, 0.6) is 0 Å². The monoisotopic (exact) mass is 225 g/mol. The number of pyridine rings is 1. The Labute approximate surface area is 95.0 Å². The molecule has 15 heavy (non-hydrogen) atoms. The van der Waals surface area contributed by atoms with Crippen molar-refractivity contribution in [3.63, 3.8) is 0 Å². The van der Waals surface area contributed by atoms with E-state index in [4.69, 9.17) is 17.3 Å². The summed E-state index contributed by atoms with van der Waals surface area (Å²) in [7, 11) is 0. The van der Waals surface area contributed by atoms with Crippen LogP contribution in [0, 0.1) is 5.41 Å². The second kappa shape index (κ2) is 3.65. The molecule has 1 saturated carbocycles. The number of hydrogen-bond donors (Lipinski definition) is 2. The molecule has 0 saturated heterocycles. The van der Waals surface area contributed by atoms with Gasteiger partial charge in [0.15, 0.2) is 0 Å². The molecular formula is C11H16ClN3. The molecule has 1 aliphatic carbocycles. The lowest BCUT2D eigenvalue weighted by atomic mass is 9.63. The Morgan fingerprint density at radius 3 is 2.87 bits per heavy atom. The molecule has 4 heteroatoms. The van der Waals surface area contributed by atoms with E-state index in [-0.39, 0.29) is 11.5 Å². The summed E-state index contributed by atoms with van der Waals surface area (Å²) in [6.45, 7) is 4.32. The zero-order valence-electron chi connectivity index (χ0n) is 9.00. The molecule has 82 valence electrons. The Balaban J connectivity index is 2.08. The highest BCUT2D eigenvalue weighted by molar-refractivity contribution is 6.32. The van der Waals surface area contributed by atoms with Crippen molar-refractivity contribution in [2.24, 2.45) is 11.1 Å². The van der Waals surface area contributed by atoms with Crippen LogP contribution in [0.4, 0.5) is 5.82 Å². The molecule has 0 aliphatic heterocycles. The van der Waals surface area contributed by atoms with E-state index in [9.17, 15) is 0 Å². The van der Waals surface area contributed by atoms with Crippen LogP contribution < -0.4 is 11.1 Å². The summed E-state index contributed by atoms with van der Waals surface area (Å²) in [6.07, 6.45) is 2.71. The van der Waals surface area contributed by atoms with Gasteiger partial charge in [0.1, 0.15) is 5.82 Å². The van der Waals surface area contributed by atoms with Crippen LogP contribution in [0.25, 0.3) is 0 Å². The highest BCUT2D eigenvalue weighted by Crippen LogP contribution is 2.41. The van der Waals surface area contributed by atoms with Crippen molar-refractivity contribution in [2.45, 2.75) is 32.4 Å². The molecule has 3 nitrogen and oxygen atoms in total. The summed E-state index contributed by atoms with van der Waals surface area (Å²) in [5.74, 6) is 0.754. The summed E-state index contributed by atoms with van der Waals surface area (Å²) in [5.41, 5.74) is 6.06. The fourth-order valence-corrected chi connectivity index (χ4v) is 2.04. The van der Waals surface area contributed by atoms with Gasteiger partial charge in [-0.05, 0) is 18.6 Å². The van der Waals surface area contributed by atoms with E-state index in [1.54, 1.807) is 6.20 Å². The van der Waals surface area contributed by atoms with E-state index in [1.165, 1.54) is 0 Å². The van der Waals surface area contributed by atoms with Crippen molar-refractivity contribution >= 4 is 17.4 Å². The molecule has 3 N–H and O–H groups in total. The zero-order chi connectivity index (χ0) is 11.1. The summed E-state index contributed by atoms with van der Waals surface area (Å²) in [4.78, 5) is 4.21. The van der Waals surface area contributed by atoms with Crippen LogP contribution in [0.1, 0.15) is 20.3 Å². The Bertz CT molecular complexity index is 365. The summed E-state index contributed by atoms with van der Waals surface area (Å²) >= 11 is 6.02. The molecule has 1 aromatic rings. The molecule has 0 radical (unpaired) electrons. The summed E-state index contributed by atoms with van der Waals surface area (Å²) < 4.78 is 0. The molecule has 1 fully saturated rings. The first-order valence-electron chi connectivity index (χ1n) is 5.14. The van der Waals surface area contributed by atoms with E-state index in [0.29, 0.717) is 11.1 Å². The number of rotatable bonds is 2. The Hall–Kier alpha value is -0.800. The van der Waals surface area contributed by atoms with Crippen LogP contribution in [0.2, 0.25) is 5.02 Å². The third-order valence-corrected chi connectivity index (χ3v) is 3.72. The van der Waals surface area contributed by atoms with E-state index < -0.39 is 0 Å². The SMILES string of the molecule is CC1(C)C(N)CC1Nc1ncccc1Cl. The van der Waals surface area contributed by atoms with Gasteiger partial charge >= 0.3 is 0 Å². The number of halogens is 1. The topological polar surface area (TPSA) is 50.9 Å². The fraction of sp³-hybridized carbons (Fsp3) is 0.545. The van der Waals surface area contributed by atoms with Gasteiger partial charge in [0.25, 0.3) is 0 Å².